The first-order chi connectivity index (χ1) is 9.45. The van der Waals surface area contributed by atoms with Gasteiger partial charge in [0.15, 0.2) is 9.84 Å². The highest BCUT2D eigenvalue weighted by molar-refractivity contribution is 7.92. The third-order valence-corrected chi connectivity index (χ3v) is 6.48. The van der Waals surface area contributed by atoms with Gasteiger partial charge in [0.05, 0.1) is 17.1 Å². The molecule has 1 fully saturated rings. The molecule has 0 saturated carbocycles. The summed E-state index contributed by atoms with van der Waals surface area (Å²) in [5, 5.41) is 10.3. The molecule has 0 aliphatic carbocycles. The van der Waals surface area contributed by atoms with Gasteiger partial charge >= 0.3 is 0 Å². The monoisotopic (exact) mass is 317 g/mol. The van der Waals surface area contributed by atoms with Crippen LogP contribution in [0.5, 0.6) is 0 Å². The van der Waals surface area contributed by atoms with E-state index < -0.39 is 27.1 Å². The molecular weight excluding hydrogens is 298 g/mol. The molecule has 1 saturated heterocycles. The van der Waals surface area contributed by atoms with E-state index in [0.717, 1.165) is 12.0 Å². The SMILES string of the molecule is NCC(c1cccc(Cl)c1)C(O)C1CCCCS1(=O)=O. The van der Waals surface area contributed by atoms with Crippen molar-refractivity contribution in [1.82, 2.24) is 0 Å². The van der Waals surface area contributed by atoms with Gasteiger partial charge in [-0.15, -0.1) is 0 Å². The molecule has 0 spiro atoms. The highest BCUT2D eigenvalue weighted by Crippen LogP contribution is 2.31. The van der Waals surface area contributed by atoms with Crippen molar-refractivity contribution in [3.63, 3.8) is 0 Å². The molecule has 2 rings (SSSR count). The highest BCUT2D eigenvalue weighted by Gasteiger charge is 2.38. The summed E-state index contributed by atoms with van der Waals surface area (Å²) in [6.45, 7) is 0.188. The fraction of sp³-hybridized carbons (Fsp3) is 0.571. The maximum atomic E-state index is 12.1. The summed E-state index contributed by atoms with van der Waals surface area (Å²) in [6.07, 6.45) is 1.02. The van der Waals surface area contributed by atoms with Crippen molar-refractivity contribution in [2.45, 2.75) is 36.5 Å². The zero-order valence-electron chi connectivity index (χ0n) is 11.2. The number of hydrogen-bond acceptors (Lipinski definition) is 4. The van der Waals surface area contributed by atoms with Gasteiger partial charge in [-0.3, -0.25) is 0 Å². The smallest absolute Gasteiger partial charge is 0.155 e. The lowest BCUT2D eigenvalue weighted by Gasteiger charge is -2.31. The summed E-state index contributed by atoms with van der Waals surface area (Å²) in [5.74, 6) is -0.256. The molecule has 0 radical (unpaired) electrons. The normalized spacial score (nSPS) is 25.1. The molecule has 1 heterocycles. The van der Waals surface area contributed by atoms with Crippen molar-refractivity contribution in [2.24, 2.45) is 5.73 Å². The second-order valence-corrected chi connectivity index (χ2v) is 8.06. The summed E-state index contributed by atoms with van der Waals surface area (Å²) in [5.41, 5.74) is 6.54. The van der Waals surface area contributed by atoms with Crippen LogP contribution in [0.4, 0.5) is 0 Å². The quantitative estimate of drug-likeness (QED) is 0.886. The molecule has 1 aliphatic rings. The topological polar surface area (TPSA) is 80.4 Å². The van der Waals surface area contributed by atoms with Gasteiger partial charge in [-0.2, -0.15) is 0 Å². The Balaban J connectivity index is 2.27. The summed E-state index contributed by atoms with van der Waals surface area (Å²) in [4.78, 5) is 0. The Morgan fingerprint density at radius 2 is 2.15 bits per heavy atom. The molecule has 6 heteroatoms. The van der Waals surface area contributed by atoms with Gasteiger partial charge in [0.25, 0.3) is 0 Å². The number of nitrogens with two attached hydrogens (primary N) is 1. The van der Waals surface area contributed by atoms with Crippen LogP contribution in [0.1, 0.15) is 30.7 Å². The summed E-state index contributed by atoms with van der Waals surface area (Å²) < 4.78 is 24.2. The minimum Gasteiger partial charge on any atom is -0.391 e. The molecule has 1 aromatic carbocycles. The molecule has 4 nitrogen and oxygen atoms in total. The lowest BCUT2D eigenvalue weighted by atomic mass is 9.90. The largest absolute Gasteiger partial charge is 0.391 e. The molecule has 20 heavy (non-hydrogen) atoms. The van der Waals surface area contributed by atoms with Crippen molar-refractivity contribution in [3.8, 4) is 0 Å². The van der Waals surface area contributed by atoms with Gasteiger partial charge in [0.2, 0.25) is 0 Å². The van der Waals surface area contributed by atoms with E-state index in [1.54, 1.807) is 18.2 Å². The highest BCUT2D eigenvalue weighted by atomic mass is 35.5. The third-order valence-electron chi connectivity index (χ3n) is 3.95. The Morgan fingerprint density at radius 3 is 2.75 bits per heavy atom. The van der Waals surface area contributed by atoms with Crippen LogP contribution in [0.3, 0.4) is 0 Å². The minimum atomic E-state index is -3.23. The predicted molar refractivity (Wildman–Crippen MR) is 80.7 cm³/mol. The molecule has 3 atom stereocenters. The average Bonchev–Trinajstić information content (AvgIpc) is 2.39. The molecule has 112 valence electrons. The number of hydrogen-bond donors (Lipinski definition) is 2. The van der Waals surface area contributed by atoms with E-state index >= 15 is 0 Å². The molecule has 0 bridgehead atoms. The number of aliphatic hydroxyl groups excluding tert-OH is 1. The van der Waals surface area contributed by atoms with Crippen molar-refractivity contribution < 1.29 is 13.5 Å². The van der Waals surface area contributed by atoms with Crippen molar-refractivity contribution in [3.05, 3.63) is 34.9 Å². The van der Waals surface area contributed by atoms with Gasteiger partial charge in [0.1, 0.15) is 0 Å². The molecule has 0 aromatic heterocycles. The number of benzene rings is 1. The van der Waals surface area contributed by atoms with Gasteiger partial charge in [-0.05, 0) is 30.5 Å². The van der Waals surface area contributed by atoms with E-state index in [4.69, 9.17) is 17.3 Å². The molecule has 1 aromatic rings. The Labute approximate surface area is 124 Å². The minimum absolute atomic E-state index is 0.154. The summed E-state index contributed by atoms with van der Waals surface area (Å²) in [6, 6.07) is 7.07. The van der Waals surface area contributed by atoms with Crippen molar-refractivity contribution in [2.75, 3.05) is 12.3 Å². The van der Waals surface area contributed by atoms with Crippen LogP contribution in [0, 0.1) is 0 Å². The molecule has 3 N–H and O–H groups in total. The van der Waals surface area contributed by atoms with E-state index in [1.807, 2.05) is 6.07 Å². The van der Waals surface area contributed by atoms with Crippen LogP contribution in [-0.2, 0) is 9.84 Å². The first-order valence-corrected chi connectivity index (χ1v) is 8.90. The second-order valence-electron chi connectivity index (χ2n) is 5.29. The van der Waals surface area contributed by atoms with Crippen LogP contribution in [0.25, 0.3) is 0 Å². The van der Waals surface area contributed by atoms with Crippen LogP contribution in [-0.4, -0.2) is 37.2 Å². The zero-order chi connectivity index (χ0) is 14.8. The van der Waals surface area contributed by atoms with Crippen LogP contribution in [0.15, 0.2) is 24.3 Å². The fourth-order valence-electron chi connectivity index (χ4n) is 2.83. The van der Waals surface area contributed by atoms with E-state index in [1.165, 1.54) is 0 Å². The van der Waals surface area contributed by atoms with Gasteiger partial charge in [-0.1, -0.05) is 30.2 Å². The van der Waals surface area contributed by atoms with Crippen LogP contribution in [0.2, 0.25) is 5.02 Å². The second kappa shape index (κ2) is 6.43. The van der Waals surface area contributed by atoms with Gasteiger partial charge in [0, 0.05) is 17.5 Å². The molecular formula is C14H20ClNO3S. The van der Waals surface area contributed by atoms with Crippen molar-refractivity contribution >= 4 is 21.4 Å². The fourth-order valence-corrected chi connectivity index (χ4v) is 5.08. The standard InChI is InChI=1S/C14H20ClNO3S/c15-11-5-3-4-10(8-11)12(9-16)14(17)13-6-1-2-7-20(13,18)19/h3-5,8,12-14,17H,1-2,6-7,9,16H2. The summed E-state index contributed by atoms with van der Waals surface area (Å²) in [7, 11) is -3.23. The number of aliphatic hydroxyl groups is 1. The van der Waals surface area contributed by atoms with E-state index in [2.05, 4.69) is 0 Å². The third kappa shape index (κ3) is 3.34. The Bertz CT molecular complexity index is 561. The van der Waals surface area contributed by atoms with Gasteiger partial charge < -0.3 is 10.8 Å². The average molecular weight is 318 g/mol. The summed E-state index contributed by atoms with van der Waals surface area (Å²) >= 11 is 5.95. The Hall–Kier alpha value is -0.620. The molecule has 3 unspecified atom stereocenters. The number of halogens is 1. The maximum absolute atomic E-state index is 12.1. The molecule has 1 aliphatic heterocycles. The first-order valence-electron chi connectivity index (χ1n) is 6.81. The van der Waals surface area contributed by atoms with E-state index in [9.17, 15) is 13.5 Å². The van der Waals surface area contributed by atoms with Crippen LogP contribution >= 0.6 is 11.6 Å². The Kier molecular flexibility index (Phi) is 5.07. The zero-order valence-corrected chi connectivity index (χ0v) is 12.8. The lowest BCUT2D eigenvalue weighted by molar-refractivity contribution is 0.133. The maximum Gasteiger partial charge on any atom is 0.155 e. The van der Waals surface area contributed by atoms with E-state index in [-0.39, 0.29) is 12.3 Å². The number of sulfone groups is 1. The Morgan fingerprint density at radius 1 is 1.40 bits per heavy atom. The predicted octanol–water partition coefficient (Wildman–Crippen LogP) is 1.71. The molecule has 0 amide bonds. The lowest BCUT2D eigenvalue weighted by Crippen LogP contribution is -2.43. The number of rotatable bonds is 4. The first kappa shape index (κ1) is 15.8. The van der Waals surface area contributed by atoms with Crippen LogP contribution < -0.4 is 5.73 Å². The van der Waals surface area contributed by atoms with Gasteiger partial charge in [-0.25, -0.2) is 8.42 Å². The van der Waals surface area contributed by atoms with Crippen molar-refractivity contribution in [1.29, 1.82) is 0 Å². The van der Waals surface area contributed by atoms with E-state index in [0.29, 0.717) is 17.9 Å².